The molecule has 2 rings (SSSR count). The van der Waals surface area contributed by atoms with Gasteiger partial charge in [-0.1, -0.05) is 36.3 Å². The highest BCUT2D eigenvalue weighted by molar-refractivity contribution is 5.90. The molecule has 0 aliphatic rings. The van der Waals surface area contributed by atoms with Gasteiger partial charge in [0.15, 0.2) is 0 Å². The van der Waals surface area contributed by atoms with Crippen LogP contribution >= 0.6 is 0 Å². The molecule has 0 N–H and O–H groups in total. The summed E-state index contributed by atoms with van der Waals surface area (Å²) in [6.45, 7) is 3.94. The number of benzene rings is 1. The van der Waals surface area contributed by atoms with E-state index in [9.17, 15) is 4.79 Å². The monoisotopic (exact) mass is 298 g/mol. The molecule has 0 radical (unpaired) electrons. The van der Waals surface area contributed by atoms with Gasteiger partial charge in [0.2, 0.25) is 0 Å². The molecule has 1 atom stereocenters. The first-order valence-corrected chi connectivity index (χ1v) is 7.04. The minimum absolute atomic E-state index is 0.147. The Labute approximate surface area is 130 Å². The van der Waals surface area contributed by atoms with E-state index in [1.807, 2.05) is 30.3 Å². The number of esters is 1. The molecule has 1 aromatic carbocycles. The topological polar surface area (TPSA) is 48.7 Å². The number of hydrogen-bond acceptors (Lipinski definition) is 4. The zero-order valence-electron chi connectivity index (χ0n) is 12.7. The van der Waals surface area contributed by atoms with Gasteiger partial charge < -0.3 is 13.9 Å². The molecule has 0 saturated carbocycles. The average Bonchev–Trinajstić information content (AvgIpc) is 2.91. The molecule has 114 valence electrons. The Hall–Kier alpha value is -2.51. The molecule has 2 aromatic rings. The van der Waals surface area contributed by atoms with Crippen LogP contribution in [0.2, 0.25) is 0 Å². The van der Waals surface area contributed by atoms with Crippen LogP contribution in [-0.2, 0) is 9.47 Å². The van der Waals surface area contributed by atoms with Gasteiger partial charge in [0.25, 0.3) is 0 Å². The van der Waals surface area contributed by atoms with E-state index in [-0.39, 0.29) is 6.61 Å². The van der Waals surface area contributed by atoms with Crippen LogP contribution in [0.1, 0.15) is 40.5 Å². The fraction of sp³-hybridized carbons (Fsp3) is 0.278. The summed E-state index contributed by atoms with van der Waals surface area (Å²) in [6.07, 6.45) is 4.82. The minimum Gasteiger partial charge on any atom is -0.462 e. The number of terminal acetylenes is 1. The van der Waals surface area contributed by atoms with Gasteiger partial charge in [-0.15, -0.1) is 6.42 Å². The fourth-order valence-corrected chi connectivity index (χ4v) is 2.15. The molecule has 1 unspecified atom stereocenters. The Morgan fingerprint density at radius 3 is 2.73 bits per heavy atom. The first kappa shape index (κ1) is 15.9. The van der Waals surface area contributed by atoms with E-state index in [4.69, 9.17) is 20.3 Å². The number of hydrogen-bond donors (Lipinski definition) is 0. The Kier molecular flexibility index (Phi) is 5.40. The second kappa shape index (κ2) is 7.48. The second-order valence-electron chi connectivity index (χ2n) is 4.64. The highest BCUT2D eigenvalue weighted by Gasteiger charge is 2.23. The SMILES string of the molecule is C#CCOC(c1ccccc1)c1cc(C(=O)OCC)c(C)o1. The van der Waals surface area contributed by atoms with Gasteiger partial charge in [-0.05, 0) is 25.5 Å². The Balaban J connectivity index is 2.34. The quantitative estimate of drug-likeness (QED) is 0.605. The van der Waals surface area contributed by atoms with Crippen molar-refractivity contribution in [2.24, 2.45) is 0 Å². The van der Waals surface area contributed by atoms with Crippen molar-refractivity contribution in [1.82, 2.24) is 0 Å². The van der Waals surface area contributed by atoms with Crippen molar-refractivity contribution in [3.63, 3.8) is 0 Å². The predicted octanol–water partition coefficient (Wildman–Crippen LogP) is 3.50. The molecule has 1 heterocycles. The molecule has 0 bridgehead atoms. The number of furan rings is 1. The summed E-state index contributed by atoms with van der Waals surface area (Å²) in [7, 11) is 0. The second-order valence-corrected chi connectivity index (χ2v) is 4.64. The summed E-state index contributed by atoms with van der Waals surface area (Å²) >= 11 is 0. The smallest absolute Gasteiger partial charge is 0.341 e. The summed E-state index contributed by atoms with van der Waals surface area (Å²) in [5.41, 5.74) is 1.31. The molecule has 22 heavy (non-hydrogen) atoms. The molecule has 0 saturated heterocycles. The molecule has 4 heteroatoms. The number of ether oxygens (including phenoxy) is 2. The third kappa shape index (κ3) is 3.57. The van der Waals surface area contributed by atoms with Crippen LogP contribution in [0.4, 0.5) is 0 Å². The molecule has 0 spiro atoms. The maximum atomic E-state index is 11.9. The van der Waals surface area contributed by atoms with E-state index in [0.29, 0.717) is 23.7 Å². The number of rotatable bonds is 6. The zero-order valence-corrected chi connectivity index (χ0v) is 12.7. The molecule has 0 fully saturated rings. The van der Waals surface area contributed by atoms with Crippen molar-refractivity contribution in [2.45, 2.75) is 20.0 Å². The third-order valence-corrected chi connectivity index (χ3v) is 3.13. The standard InChI is InChI=1S/C18H18O4/c1-4-11-21-17(14-9-7-6-8-10-14)16-12-15(13(3)22-16)18(19)20-5-2/h1,6-10,12,17H,5,11H2,2-3H3. The van der Waals surface area contributed by atoms with E-state index in [0.717, 1.165) is 5.56 Å². The van der Waals surface area contributed by atoms with E-state index in [1.54, 1.807) is 19.9 Å². The lowest BCUT2D eigenvalue weighted by Crippen LogP contribution is -2.06. The largest absolute Gasteiger partial charge is 0.462 e. The van der Waals surface area contributed by atoms with Crippen molar-refractivity contribution in [1.29, 1.82) is 0 Å². The molecule has 4 nitrogen and oxygen atoms in total. The van der Waals surface area contributed by atoms with Gasteiger partial charge >= 0.3 is 5.97 Å². The van der Waals surface area contributed by atoms with Crippen LogP contribution in [0.15, 0.2) is 40.8 Å². The summed E-state index contributed by atoms with van der Waals surface area (Å²) in [5.74, 6) is 3.07. The van der Waals surface area contributed by atoms with Crippen LogP contribution in [0, 0.1) is 19.3 Å². The van der Waals surface area contributed by atoms with Crippen molar-refractivity contribution >= 4 is 5.97 Å². The Bertz CT molecular complexity index is 664. The molecular weight excluding hydrogens is 280 g/mol. The molecular formula is C18H18O4. The summed E-state index contributed by atoms with van der Waals surface area (Å²) in [4.78, 5) is 11.9. The third-order valence-electron chi connectivity index (χ3n) is 3.13. The van der Waals surface area contributed by atoms with Gasteiger partial charge in [-0.3, -0.25) is 0 Å². The lowest BCUT2D eigenvalue weighted by molar-refractivity contribution is 0.0524. The first-order chi connectivity index (χ1) is 10.7. The minimum atomic E-state index is -0.459. The van der Waals surface area contributed by atoms with Crippen LogP contribution in [-0.4, -0.2) is 19.2 Å². The van der Waals surface area contributed by atoms with Crippen molar-refractivity contribution in [3.8, 4) is 12.3 Å². The van der Waals surface area contributed by atoms with Crippen LogP contribution in [0.25, 0.3) is 0 Å². The van der Waals surface area contributed by atoms with Crippen molar-refractivity contribution < 1.29 is 18.7 Å². The predicted molar refractivity (Wildman–Crippen MR) is 82.5 cm³/mol. The van der Waals surface area contributed by atoms with Crippen molar-refractivity contribution in [3.05, 3.63) is 59.0 Å². The lowest BCUT2D eigenvalue weighted by atomic mass is 10.1. The Morgan fingerprint density at radius 1 is 1.36 bits per heavy atom. The van der Waals surface area contributed by atoms with Crippen LogP contribution in [0.5, 0.6) is 0 Å². The van der Waals surface area contributed by atoms with E-state index in [2.05, 4.69) is 5.92 Å². The number of carbonyl (C=O) groups excluding carboxylic acids is 1. The highest BCUT2D eigenvalue weighted by atomic mass is 16.5. The maximum Gasteiger partial charge on any atom is 0.341 e. The van der Waals surface area contributed by atoms with Gasteiger partial charge in [0, 0.05) is 0 Å². The normalized spacial score (nSPS) is 11.7. The van der Waals surface area contributed by atoms with E-state index in [1.165, 1.54) is 0 Å². The van der Waals surface area contributed by atoms with Gasteiger partial charge in [-0.25, -0.2) is 4.79 Å². The summed E-state index contributed by atoms with van der Waals surface area (Å²) in [5, 5.41) is 0. The van der Waals surface area contributed by atoms with Gasteiger partial charge in [0.05, 0.1) is 6.61 Å². The van der Waals surface area contributed by atoms with Crippen molar-refractivity contribution in [2.75, 3.05) is 13.2 Å². The molecule has 1 aromatic heterocycles. The summed E-state index contributed by atoms with van der Waals surface area (Å²) < 4.78 is 16.4. The molecule has 0 amide bonds. The Morgan fingerprint density at radius 2 is 2.09 bits per heavy atom. The average molecular weight is 298 g/mol. The van der Waals surface area contributed by atoms with Gasteiger partial charge in [0.1, 0.15) is 29.8 Å². The van der Waals surface area contributed by atoms with E-state index >= 15 is 0 Å². The number of aryl methyl sites for hydroxylation is 1. The maximum absolute atomic E-state index is 11.9. The highest BCUT2D eigenvalue weighted by Crippen LogP contribution is 2.29. The first-order valence-electron chi connectivity index (χ1n) is 7.04. The van der Waals surface area contributed by atoms with Crippen LogP contribution < -0.4 is 0 Å². The fourth-order valence-electron chi connectivity index (χ4n) is 2.15. The van der Waals surface area contributed by atoms with Gasteiger partial charge in [-0.2, -0.15) is 0 Å². The van der Waals surface area contributed by atoms with E-state index < -0.39 is 12.1 Å². The molecule has 0 aliphatic heterocycles. The number of carbonyl (C=O) groups is 1. The van der Waals surface area contributed by atoms with Crippen LogP contribution in [0.3, 0.4) is 0 Å². The lowest BCUT2D eigenvalue weighted by Gasteiger charge is -2.14. The zero-order chi connectivity index (χ0) is 15.9. The summed E-state index contributed by atoms with van der Waals surface area (Å²) in [6, 6.07) is 11.2. The molecule has 0 aliphatic carbocycles.